The third-order valence-electron chi connectivity index (χ3n) is 4.59. The molecular formula is C19H22N6OS. The number of thiazole rings is 1. The van der Waals surface area contributed by atoms with Crippen molar-refractivity contribution >= 4 is 23.2 Å². The first-order chi connectivity index (χ1) is 13.2. The molecule has 1 aromatic carbocycles. The van der Waals surface area contributed by atoms with Gasteiger partial charge in [-0.1, -0.05) is 18.2 Å². The number of urea groups is 1. The summed E-state index contributed by atoms with van der Waals surface area (Å²) in [6.07, 6.45) is 1.69. The van der Waals surface area contributed by atoms with Gasteiger partial charge >= 0.3 is 6.03 Å². The largest absolute Gasteiger partial charge is 0.323 e. The molecule has 140 valence electrons. The van der Waals surface area contributed by atoms with Gasteiger partial charge in [0.2, 0.25) is 0 Å². The number of rotatable bonds is 4. The van der Waals surface area contributed by atoms with E-state index < -0.39 is 0 Å². The average molecular weight is 382 g/mol. The molecule has 2 amide bonds. The van der Waals surface area contributed by atoms with Crippen molar-refractivity contribution in [3.05, 3.63) is 58.7 Å². The molecule has 1 fully saturated rings. The minimum Gasteiger partial charge on any atom is -0.322 e. The van der Waals surface area contributed by atoms with Gasteiger partial charge in [-0.2, -0.15) is 5.10 Å². The fourth-order valence-electron chi connectivity index (χ4n) is 3.18. The van der Waals surface area contributed by atoms with Crippen LogP contribution in [-0.4, -0.2) is 56.8 Å². The molecule has 27 heavy (non-hydrogen) atoms. The van der Waals surface area contributed by atoms with Crippen LogP contribution >= 0.6 is 11.3 Å². The number of piperazine rings is 1. The van der Waals surface area contributed by atoms with Crippen LogP contribution in [-0.2, 0) is 6.54 Å². The summed E-state index contributed by atoms with van der Waals surface area (Å²) in [5.74, 6) is 0.673. The highest BCUT2D eigenvalue weighted by atomic mass is 32.1. The Morgan fingerprint density at radius 2 is 1.93 bits per heavy atom. The van der Waals surface area contributed by atoms with E-state index in [9.17, 15) is 4.79 Å². The van der Waals surface area contributed by atoms with Gasteiger partial charge in [0, 0.05) is 44.2 Å². The van der Waals surface area contributed by atoms with Crippen LogP contribution in [0.2, 0.25) is 0 Å². The van der Waals surface area contributed by atoms with Gasteiger partial charge < -0.3 is 4.90 Å². The van der Waals surface area contributed by atoms with Gasteiger partial charge in [-0.15, -0.1) is 11.3 Å². The number of hydrogen-bond donors (Lipinski definition) is 1. The van der Waals surface area contributed by atoms with Crippen LogP contribution in [0.4, 0.5) is 10.6 Å². The normalized spacial score (nSPS) is 15.1. The van der Waals surface area contributed by atoms with Crippen molar-refractivity contribution in [3.63, 3.8) is 0 Å². The molecule has 0 saturated carbocycles. The van der Waals surface area contributed by atoms with Gasteiger partial charge in [0.05, 0.1) is 22.6 Å². The van der Waals surface area contributed by atoms with Gasteiger partial charge in [-0.05, 0) is 19.1 Å². The molecule has 0 spiro atoms. The minimum atomic E-state index is -0.0863. The monoisotopic (exact) mass is 382 g/mol. The quantitative estimate of drug-likeness (QED) is 0.753. The molecule has 0 aliphatic carbocycles. The zero-order valence-corrected chi connectivity index (χ0v) is 16.0. The van der Waals surface area contributed by atoms with Gasteiger partial charge in [0.15, 0.2) is 0 Å². The predicted octanol–water partition coefficient (Wildman–Crippen LogP) is 2.99. The second-order valence-electron chi connectivity index (χ2n) is 6.52. The molecule has 0 radical (unpaired) electrons. The number of aromatic nitrogens is 3. The number of aryl methyl sites for hydroxylation is 1. The number of nitrogens with one attached hydrogen (secondary N) is 1. The second kappa shape index (κ2) is 7.89. The van der Waals surface area contributed by atoms with Crippen molar-refractivity contribution in [1.29, 1.82) is 0 Å². The number of anilines is 1. The lowest BCUT2D eigenvalue weighted by Gasteiger charge is -2.34. The first kappa shape index (κ1) is 17.7. The summed E-state index contributed by atoms with van der Waals surface area (Å²) >= 11 is 1.68. The SMILES string of the molecule is Cc1nc(CN2CCN(C(=O)Nc3ccnn3-c3ccccc3)CC2)cs1. The molecule has 2 aromatic heterocycles. The van der Waals surface area contributed by atoms with Crippen LogP contribution in [0.15, 0.2) is 48.0 Å². The molecule has 0 unspecified atom stereocenters. The summed E-state index contributed by atoms with van der Waals surface area (Å²) in [7, 11) is 0. The maximum Gasteiger partial charge on any atom is 0.323 e. The lowest BCUT2D eigenvalue weighted by molar-refractivity contribution is 0.142. The standard InChI is InChI=1S/C19H22N6OS/c1-15-21-16(14-27-15)13-23-9-11-24(12-10-23)19(26)22-18-7-8-20-25(18)17-5-3-2-4-6-17/h2-8,14H,9-13H2,1H3,(H,22,26). The van der Waals surface area contributed by atoms with E-state index in [1.165, 1.54) is 0 Å². The molecule has 4 rings (SSSR count). The molecule has 8 heteroatoms. The summed E-state index contributed by atoms with van der Waals surface area (Å²) in [6, 6.07) is 11.5. The zero-order valence-electron chi connectivity index (χ0n) is 15.2. The zero-order chi connectivity index (χ0) is 18.6. The fraction of sp³-hybridized carbons (Fsp3) is 0.316. The summed E-state index contributed by atoms with van der Waals surface area (Å²) < 4.78 is 1.73. The molecule has 0 bridgehead atoms. The van der Waals surface area contributed by atoms with E-state index in [-0.39, 0.29) is 6.03 Å². The maximum absolute atomic E-state index is 12.7. The van der Waals surface area contributed by atoms with Crippen LogP contribution in [0.3, 0.4) is 0 Å². The van der Waals surface area contributed by atoms with E-state index in [4.69, 9.17) is 0 Å². The average Bonchev–Trinajstić information content (AvgIpc) is 3.32. The molecule has 0 atom stereocenters. The Hall–Kier alpha value is -2.71. The highest BCUT2D eigenvalue weighted by molar-refractivity contribution is 7.09. The third-order valence-corrected chi connectivity index (χ3v) is 5.41. The Morgan fingerprint density at radius 1 is 1.15 bits per heavy atom. The number of amides is 2. The van der Waals surface area contributed by atoms with Crippen LogP contribution in [0.25, 0.3) is 5.69 Å². The maximum atomic E-state index is 12.7. The molecule has 1 aliphatic rings. The summed E-state index contributed by atoms with van der Waals surface area (Å²) in [6.45, 7) is 5.98. The molecule has 1 aliphatic heterocycles. The Balaban J connectivity index is 1.33. The van der Waals surface area contributed by atoms with Crippen LogP contribution in [0.1, 0.15) is 10.7 Å². The number of carbonyl (C=O) groups is 1. The van der Waals surface area contributed by atoms with Crippen LogP contribution in [0.5, 0.6) is 0 Å². The smallest absolute Gasteiger partial charge is 0.322 e. The molecule has 1 saturated heterocycles. The lowest BCUT2D eigenvalue weighted by atomic mass is 10.3. The Labute approximate surface area is 162 Å². The fourth-order valence-corrected chi connectivity index (χ4v) is 3.78. The summed E-state index contributed by atoms with van der Waals surface area (Å²) in [5, 5.41) is 10.5. The summed E-state index contributed by atoms with van der Waals surface area (Å²) in [4.78, 5) is 21.4. The topological polar surface area (TPSA) is 66.3 Å². The van der Waals surface area contributed by atoms with Gasteiger partial charge in [0.25, 0.3) is 0 Å². The van der Waals surface area contributed by atoms with Crippen molar-refractivity contribution in [2.24, 2.45) is 0 Å². The molecule has 1 N–H and O–H groups in total. The van der Waals surface area contributed by atoms with Crippen molar-refractivity contribution in [1.82, 2.24) is 24.6 Å². The Bertz CT molecular complexity index is 898. The highest BCUT2D eigenvalue weighted by Crippen LogP contribution is 2.16. The summed E-state index contributed by atoms with van der Waals surface area (Å²) in [5.41, 5.74) is 2.03. The van der Waals surface area contributed by atoms with Crippen molar-refractivity contribution in [3.8, 4) is 5.69 Å². The van der Waals surface area contributed by atoms with Gasteiger partial charge in [-0.3, -0.25) is 10.2 Å². The first-order valence-corrected chi connectivity index (χ1v) is 9.86. The molecule has 3 aromatic rings. The predicted molar refractivity (Wildman–Crippen MR) is 106 cm³/mol. The van der Waals surface area contributed by atoms with Crippen molar-refractivity contribution in [2.75, 3.05) is 31.5 Å². The number of hydrogen-bond acceptors (Lipinski definition) is 5. The van der Waals surface area contributed by atoms with Gasteiger partial charge in [-0.25, -0.2) is 14.5 Å². The van der Waals surface area contributed by atoms with E-state index in [0.29, 0.717) is 18.9 Å². The Kier molecular flexibility index (Phi) is 5.17. The van der Waals surface area contributed by atoms with E-state index in [2.05, 4.69) is 25.7 Å². The van der Waals surface area contributed by atoms with E-state index >= 15 is 0 Å². The molecule has 3 heterocycles. The first-order valence-electron chi connectivity index (χ1n) is 8.98. The third kappa shape index (κ3) is 4.17. The Morgan fingerprint density at radius 3 is 2.63 bits per heavy atom. The number of carbonyl (C=O) groups excluding carboxylic acids is 1. The van der Waals surface area contributed by atoms with Crippen molar-refractivity contribution < 1.29 is 4.79 Å². The van der Waals surface area contributed by atoms with Gasteiger partial charge in [0.1, 0.15) is 5.82 Å². The molecule has 7 nitrogen and oxygen atoms in total. The van der Waals surface area contributed by atoms with Crippen molar-refractivity contribution in [2.45, 2.75) is 13.5 Å². The number of nitrogens with zero attached hydrogens (tertiary/aromatic N) is 5. The number of para-hydroxylation sites is 1. The minimum absolute atomic E-state index is 0.0863. The van der Waals surface area contributed by atoms with E-state index in [1.807, 2.05) is 48.2 Å². The van der Waals surface area contributed by atoms with E-state index in [1.54, 1.807) is 22.2 Å². The highest BCUT2D eigenvalue weighted by Gasteiger charge is 2.22. The molecular weight excluding hydrogens is 360 g/mol. The second-order valence-corrected chi connectivity index (χ2v) is 7.58. The lowest BCUT2D eigenvalue weighted by Crippen LogP contribution is -2.49. The van der Waals surface area contributed by atoms with Crippen LogP contribution in [0, 0.1) is 6.92 Å². The van der Waals surface area contributed by atoms with E-state index in [0.717, 1.165) is 36.0 Å². The number of benzene rings is 1. The van der Waals surface area contributed by atoms with Crippen LogP contribution < -0.4 is 5.32 Å².